The largest absolute Gasteiger partial charge is 0.462 e. The highest BCUT2D eigenvalue weighted by atomic mass is 32.1. The van der Waals surface area contributed by atoms with Crippen LogP contribution in [0, 0.1) is 5.41 Å². The highest BCUT2D eigenvalue weighted by Crippen LogP contribution is 2.45. The Kier molecular flexibility index (Phi) is 3.55. The number of ketones is 1. The molecule has 0 bridgehead atoms. The molecule has 4 N–H and O–H groups in total. The minimum atomic E-state index is -0.585. The number of hydrogen-bond donors (Lipinski definition) is 2. The van der Waals surface area contributed by atoms with Crippen LogP contribution in [0.3, 0.4) is 0 Å². The summed E-state index contributed by atoms with van der Waals surface area (Å²) in [4.78, 5) is 30.1. The SMILES string of the molecule is CCOC(=O)c1c(N)nc2sc3c(c2c1N)CC(C)(C)CC3=O. The smallest absolute Gasteiger partial charge is 0.344 e. The molecule has 0 aromatic carbocycles. The number of nitrogen functional groups attached to an aromatic ring is 2. The normalized spacial score (nSPS) is 16.4. The molecule has 0 amide bonds. The summed E-state index contributed by atoms with van der Waals surface area (Å²) >= 11 is 1.30. The van der Waals surface area contributed by atoms with Crippen molar-refractivity contribution in [3.63, 3.8) is 0 Å². The zero-order chi connectivity index (χ0) is 16.9. The predicted molar refractivity (Wildman–Crippen MR) is 90.8 cm³/mol. The molecule has 1 aliphatic rings. The highest BCUT2D eigenvalue weighted by Gasteiger charge is 2.35. The number of rotatable bonds is 2. The Morgan fingerprint density at radius 1 is 1.35 bits per heavy atom. The van der Waals surface area contributed by atoms with E-state index >= 15 is 0 Å². The molecular formula is C16H19N3O3S. The molecule has 23 heavy (non-hydrogen) atoms. The van der Waals surface area contributed by atoms with Crippen molar-refractivity contribution in [1.29, 1.82) is 0 Å². The first kappa shape index (κ1) is 15.7. The first-order chi connectivity index (χ1) is 10.7. The van der Waals surface area contributed by atoms with Gasteiger partial charge in [-0.15, -0.1) is 11.3 Å². The van der Waals surface area contributed by atoms with Crippen LogP contribution < -0.4 is 11.5 Å². The number of carbonyl (C=O) groups is 2. The van der Waals surface area contributed by atoms with E-state index in [9.17, 15) is 9.59 Å². The fourth-order valence-corrected chi connectivity index (χ4v) is 4.26. The van der Waals surface area contributed by atoms with E-state index < -0.39 is 5.97 Å². The number of carbonyl (C=O) groups excluding carboxylic acids is 2. The molecule has 7 heteroatoms. The summed E-state index contributed by atoms with van der Waals surface area (Å²) in [6.45, 7) is 6.03. The van der Waals surface area contributed by atoms with Crippen LogP contribution in [0.15, 0.2) is 0 Å². The zero-order valence-corrected chi connectivity index (χ0v) is 14.2. The van der Waals surface area contributed by atoms with Crippen molar-refractivity contribution in [2.75, 3.05) is 18.1 Å². The van der Waals surface area contributed by atoms with Crippen molar-refractivity contribution < 1.29 is 14.3 Å². The molecule has 2 aromatic heterocycles. The number of nitrogens with two attached hydrogens (primary N) is 2. The van der Waals surface area contributed by atoms with Crippen LogP contribution >= 0.6 is 11.3 Å². The number of pyridine rings is 1. The zero-order valence-electron chi connectivity index (χ0n) is 13.4. The lowest BCUT2D eigenvalue weighted by molar-refractivity contribution is 0.0528. The maximum Gasteiger partial charge on any atom is 0.344 e. The van der Waals surface area contributed by atoms with Gasteiger partial charge in [-0.2, -0.15) is 0 Å². The number of esters is 1. The molecule has 0 saturated carbocycles. The number of hydrogen-bond acceptors (Lipinski definition) is 7. The van der Waals surface area contributed by atoms with Crippen molar-refractivity contribution in [3.05, 3.63) is 16.0 Å². The number of aromatic nitrogens is 1. The second-order valence-corrected chi connectivity index (χ2v) is 7.54. The van der Waals surface area contributed by atoms with Gasteiger partial charge in [0.1, 0.15) is 16.2 Å². The summed E-state index contributed by atoms with van der Waals surface area (Å²) in [5.74, 6) is -0.452. The minimum Gasteiger partial charge on any atom is -0.462 e. The van der Waals surface area contributed by atoms with Gasteiger partial charge in [-0.25, -0.2) is 9.78 Å². The van der Waals surface area contributed by atoms with E-state index in [1.165, 1.54) is 11.3 Å². The first-order valence-electron chi connectivity index (χ1n) is 7.46. The molecule has 6 nitrogen and oxygen atoms in total. The third-order valence-corrected chi connectivity index (χ3v) is 5.20. The van der Waals surface area contributed by atoms with Gasteiger partial charge in [-0.3, -0.25) is 4.79 Å². The Morgan fingerprint density at radius 3 is 2.70 bits per heavy atom. The lowest BCUT2D eigenvalue weighted by Gasteiger charge is -2.28. The number of ether oxygens (including phenoxy) is 1. The van der Waals surface area contributed by atoms with E-state index in [1.807, 2.05) is 13.8 Å². The van der Waals surface area contributed by atoms with Crippen molar-refractivity contribution >= 4 is 44.8 Å². The van der Waals surface area contributed by atoms with E-state index in [1.54, 1.807) is 6.92 Å². The quantitative estimate of drug-likeness (QED) is 0.818. The Hall–Kier alpha value is -2.15. The molecule has 0 aliphatic heterocycles. The molecule has 0 radical (unpaired) electrons. The second-order valence-electron chi connectivity index (χ2n) is 6.54. The maximum absolute atomic E-state index is 12.4. The second kappa shape index (κ2) is 5.19. The van der Waals surface area contributed by atoms with Gasteiger partial charge in [0.2, 0.25) is 0 Å². The van der Waals surface area contributed by atoms with Crippen LogP contribution in [0.5, 0.6) is 0 Å². The van der Waals surface area contributed by atoms with E-state index in [0.717, 1.165) is 5.56 Å². The summed E-state index contributed by atoms with van der Waals surface area (Å²) < 4.78 is 5.02. The number of Topliss-reactive ketones (excluding diaryl/α,β-unsaturated/α-hetero) is 1. The Labute approximate surface area is 137 Å². The molecule has 3 rings (SSSR count). The lowest BCUT2D eigenvalue weighted by Crippen LogP contribution is -2.25. The van der Waals surface area contributed by atoms with E-state index in [4.69, 9.17) is 16.2 Å². The Balaban J connectivity index is 2.29. The minimum absolute atomic E-state index is 0.0405. The van der Waals surface area contributed by atoms with Crippen molar-refractivity contribution in [2.45, 2.75) is 33.6 Å². The fraction of sp³-hybridized carbons (Fsp3) is 0.438. The maximum atomic E-state index is 12.4. The van der Waals surface area contributed by atoms with Gasteiger partial charge in [0, 0.05) is 11.8 Å². The van der Waals surface area contributed by atoms with Crippen molar-refractivity contribution in [1.82, 2.24) is 4.98 Å². The molecule has 0 fully saturated rings. The van der Waals surface area contributed by atoms with Gasteiger partial charge in [0.15, 0.2) is 5.78 Å². The molecule has 122 valence electrons. The van der Waals surface area contributed by atoms with Gasteiger partial charge in [0.05, 0.1) is 17.2 Å². The number of nitrogens with zero attached hydrogens (tertiary/aromatic N) is 1. The lowest BCUT2D eigenvalue weighted by atomic mass is 9.75. The monoisotopic (exact) mass is 333 g/mol. The molecule has 0 atom stereocenters. The van der Waals surface area contributed by atoms with Crippen LogP contribution in [0.2, 0.25) is 0 Å². The summed E-state index contributed by atoms with van der Waals surface area (Å²) in [5, 5.41) is 0.670. The van der Waals surface area contributed by atoms with Gasteiger partial charge < -0.3 is 16.2 Å². The van der Waals surface area contributed by atoms with Gasteiger partial charge in [-0.1, -0.05) is 13.8 Å². The molecule has 1 aliphatic carbocycles. The van der Waals surface area contributed by atoms with Gasteiger partial charge in [0.25, 0.3) is 0 Å². The van der Waals surface area contributed by atoms with E-state index in [2.05, 4.69) is 4.98 Å². The number of anilines is 2. The average molecular weight is 333 g/mol. The fourth-order valence-electron chi connectivity index (χ4n) is 3.10. The van der Waals surface area contributed by atoms with Crippen LogP contribution in [0.1, 0.15) is 52.8 Å². The molecule has 0 spiro atoms. The molecule has 2 heterocycles. The first-order valence-corrected chi connectivity index (χ1v) is 8.27. The van der Waals surface area contributed by atoms with Gasteiger partial charge in [-0.05, 0) is 24.3 Å². The molecule has 0 saturated heterocycles. The van der Waals surface area contributed by atoms with Crippen molar-refractivity contribution in [2.24, 2.45) is 5.41 Å². The molecule has 0 unspecified atom stereocenters. The third kappa shape index (κ3) is 2.45. The number of thiophene rings is 1. The molecular weight excluding hydrogens is 314 g/mol. The van der Waals surface area contributed by atoms with Crippen LogP contribution in [0.4, 0.5) is 11.5 Å². The van der Waals surface area contributed by atoms with Crippen molar-refractivity contribution in [3.8, 4) is 0 Å². The van der Waals surface area contributed by atoms with Crippen LogP contribution in [0.25, 0.3) is 10.2 Å². The highest BCUT2D eigenvalue weighted by molar-refractivity contribution is 7.20. The van der Waals surface area contributed by atoms with E-state index in [-0.39, 0.29) is 34.9 Å². The van der Waals surface area contributed by atoms with Crippen LogP contribution in [-0.2, 0) is 11.2 Å². The summed E-state index contributed by atoms with van der Waals surface area (Å²) in [6.07, 6.45) is 1.21. The number of fused-ring (bicyclic) bond motifs is 3. The molecule has 2 aromatic rings. The Bertz CT molecular complexity index is 839. The predicted octanol–water partition coefficient (Wildman–Crippen LogP) is 2.79. The standard InChI is InChI=1S/C16H19N3O3S/c1-4-22-15(21)10-11(17)9-7-5-16(2,3)6-8(20)12(7)23-14(9)19-13(10)18/h4-6H2,1-3H3,(H4,17,18,19). The third-order valence-electron chi connectivity index (χ3n) is 4.03. The van der Waals surface area contributed by atoms with E-state index in [0.29, 0.717) is 27.9 Å². The Morgan fingerprint density at radius 2 is 2.04 bits per heavy atom. The summed E-state index contributed by atoms with van der Waals surface area (Å²) in [5.41, 5.74) is 13.2. The summed E-state index contributed by atoms with van der Waals surface area (Å²) in [6, 6.07) is 0. The van der Waals surface area contributed by atoms with Crippen LogP contribution in [-0.4, -0.2) is 23.3 Å². The van der Waals surface area contributed by atoms with Gasteiger partial charge >= 0.3 is 5.97 Å². The average Bonchev–Trinajstić information content (AvgIpc) is 2.76. The topological polar surface area (TPSA) is 108 Å². The summed E-state index contributed by atoms with van der Waals surface area (Å²) in [7, 11) is 0.